The summed E-state index contributed by atoms with van der Waals surface area (Å²) in [5.74, 6) is 1.59. The van der Waals surface area contributed by atoms with Gasteiger partial charge >= 0.3 is 0 Å². The van der Waals surface area contributed by atoms with Crippen LogP contribution in [0.4, 0.5) is 0 Å². The number of likely N-dealkylation sites (N-methyl/N-ethyl adjacent to an activating group) is 1. The molecule has 0 aliphatic carbocycles. The van der Waals surface area contributed by atoms with Gasteiger partial charge in [-0.3, -0.25) is 9.69 Å². The number of hydrogen-bond acceptors (Lipinski definition) is 5. The molecule has 2 aliphatic rings. The number of piperazine rings is 1. The molecule has 0 saturated carbocycles. The van der Waals surface area contributed by atoms with Crippen LogP contribution in [0.3, 0.4) is 0 Å². The summed E-state index contributed by atoms with van der Waals surface area (Å²) in [6.45, 7) is 6.41. The molecule has 0 aromatic heterocycles. The topological polar surface area (TPSA) is 54.0 Å². The molecule has 1 atom stereocenters. The van der Waals surface area contributed by atoms with Gasteiger partial charge in [-0.2, -0.15) is 0 Å². The van der Waals surface area contributed by atoms with Crippen molar-refractivity contribution in [3.63, 3.8) is 0 Å². The van der Waals surface area contributed by atoms with Crippen LogP contribution in [0.15, 0.2) is 18.2 Å². The Labute approximate surface area is 143 Å². The number of hydrogen-bond donors (Lipinski definition) is 1. The van der Waals surface area contributed by atoms with Crippen molar-refractivity contribution in [1.82, 2.24) is 15.1 Å². The minimum atomic E-state index is -0.113. The van der Waals surface area contributed by atoms with E-state index < -0.39 is 0 Å². The fraction of sp³-hybridized carbons (Fsp3) is 0.611. The predicted octanol–water partition coefficient (Wildman–Crippen LogP) is 0.610. The molecule has 0 radical (unpaired) electrons. The van der Waals surface area contributed by atoms with Crippen LogP contribution < -0.4 is 14.8 Å². The van der Waals surface area contributed by atoms with Gasteiger partial charge in [-0.05, 0) is 25.1 Å². The van der Waals surface area contributed by atoms with Gasteiger partial charge in [0.1, 0.15) is 18.1 Å². The zero-order chi connectivity index (χ0) is 16.9. The van der Waals surface area contributed by atoms with Crippen molar-refractivity contribution in [2.45, 2.75) is 6.42 Å². The lowest BCUT2D eigenvalue weighted by atomic mass is 9.96. The summed E-state index contributed by atoms with van der Waals surface area (Å²) in [4.78, 5) is 17.1. The quantitative estimate of drug-likeness (QED) is 0.856. The molecule has 1 unspecified atom stereocenters. The van der Waals surface area contributed by atoms with Crippen LogP contribution in [0.25, 0.3) is 0 Å². The number of rotatable bonds is 5. The van der Waals surface area contributed by atoms with Gasteiger partial charge < -0.3 is 19.7 Å². The molecule has 3 rings (SSSR count). The number of nitrogens with one attached hydrogen (secondary N) is 1. The smallest absolute Gasteiger partial charge is 0.226 e. The van der Waals surface area contributed by atoms with Gasteiger partial charge in [-0.25, -0.2) is 0 Å². The molecule has 2 heterocycles. The Morgan fingerprint density at radius 3 is 2.88 bits per heavy atom. The fourth-order valence-electron chi connectivity index (χ4n) is 3.20. The van der Waals surface area contributed by atoms with Gasteiger partial charge in [0.25, 0.3) is 0 Å². The Morgan fingerprint density at radius 1 is 1.33 bits per heavy atom. The van der Waals surface area contributed by atoms with E-state index in [-0.39, 0.29) is 11.8 Å². The second-order valence-corrected chi connectivity index (χ2v) is 6.62. The molecular weight excluding hydrogens is 306 g/mol. The summed E-state index contributed by atoms with van der Waals surface area (Å²) in [6.07, 6.45) is 0.722. The monoisotopic (exact) mass is 333 g/mol. The van der Waals surface area contributed by atoms with Crippen molar-refractivity contribution in [3.8, 4) is 11.5 Å². The van der Waals surface area contributed by atoms with Crippen LogP contribution in [0.1, 0.15) is 5.56 Å². The summed E-state index contributed by atoms with van der Waals surface area (Å²) in [5.41, 5.74) is 1.07. The second kappa shape index (κ2) is 7.85. The molecule has 6 heteroatoms. The van der Waals surface area contributed by atoms with Crippen molar-refractivity contribution in [2.24, 2.45) is 5.92 Å². The number of ether oxygens (including phenoxy) is 2. The highest BCUT2D eigenvalue weighted by molar-refractivity contribution is 5.79. The summed E-state index contributed by atoms with van der Waals surface area (Å²) < 4.78 is 11.0. The van der Waals surface area contributed by atoms with Crippen LogP contribution in [-0.2, 0) is 11.2 Å². The largest absolute Gasteiger partial charge is 0.497 e. The van der Waals surface area contributed by atoms with E-state index in [4.69, 9.17) is 9.47 Å². The number of benzene rings is 1. The van der Waals surface area contributed by atoms with E-state index in [1.54, 1.807) is 7.11 Å². The molecule has 1 aromatic carbocycles. The molecular formula is C18H27N3O3. The highest BCUT2D eigenvalue weighted by Gasteiger charge is 2.26. The number of carbonyl (C=O) groups is 1. The summed E-state index contributed by atoms with van der Waals surface area (Å²) in [5, 5.41) is 3.07. The average Bonchev–Trinajstić information content (AvgIpc) is 2.62. The minimum Gasteiger partial charge on any atom is -0.497 e. The van der Waals surface area contributed by atoms with Crippen LogP contribution in [0.2, 0.25) is 0 Å². The number of methoxy groups -OCH3 is 1. The zero-order valence-electron chi connectivity index (χ0n) is 14.6. The number of fused-ring (bicyclic) bond motifs is 1. The van der Waals surface area contributed by atoms with Gasteiger partial charge in [-0.1, -0.05) is 6.07 Å². The van der Waals surface area contributed by atoms with Crippen LogP contribution in [0.5, 0.6) is 11.5 Å². The van der Waals surface area contributed by atoms with Crippen LogP contribution in [-0.4, -0.2) is 75.7 Å². The van der Waals surface area contributed by atoms with E-state index in [1.807, 2.05) is 18.2 Å². The van der Waals surface area contributed by atoms with E-state index in [9.17, 15) is 4.79 Å². The maximum Gasteiger partial charge on any atom is 0.226 e. The first-order valence-corrected chi connectivity index (χ1v) is 8.64. The first kappa shape index (κ1) is 17.0. The van der Waals surface area contributed by atoms with E-state index >= 15 is 0 Å². The lowest BCUT2D eigenvalue weighted by Gasteiger charge is -2.32. The maximum absolute atomic E-state index is 12.4. The van der Waals surface area contributed by atoms with Crippen LogP contribution >= 0.6 is 0 Å². The highest BCUT2D eigenvalue weighted by Crippen LogP contribution is 2.30. The lowest BCUT2D eigenvalue weighted by Crippen LogP contribution is -2.47. The molecule has 132 valence electrons. The molecule has 1 saturated heterocycles. The Bertz CT molecular complexity index is 571. The normalized spacial score (nSPS) is 21.7. The molecule has 1 fully saturated rings. The van der Waals surface area contributed by atoms with Crippen molar-refractivity contribution in [3.05, 3.63) is 23.8 Å². The Balaban J connectivity index is 1.44. The first-order valence-electron chi connectivity index (χ1n) is 8.64. The fourth-order valence-corrected chi connectivity index (χ4v) is 3.20. The second-order valence-electron chi connectivity index (χ2n) is 6.62. The molecule has 2 aliphatic heterocycles. The molecule has 1 amide bonds. The van der Waals surface area contributed by atoms with Gasteiger partial charge in [0.05, 0.1) is 13.0 Å². The van der Waals surface area contributed by atoms with Crippen molar-refractivity contribution in [1.29, 1.82) is 0 Å². The lowest BCUT2D eigenvalue weighted by molar-refractivity contribution is -0.126. The molecule has 0 spiro atoms. The SMILES string of the molecule is COc1ccc2c(c1)OCC(C(=O)NCCN1CCN(C)CC1)C2. The molecule has 1 aromatic rings. The van der Waals surface area contributed by atoms with Gasteiger partial charge in [0.15, 0.2) is 0 Å². The molecule has 24 heavy (non-hydrogen) atoms. The van der Waals surface area contributed by atoms with Gasteiger partial charge in [-0.15, -0.1) is 0 Å². The van der Waals surface area contributed by atoms with Gasteiger partial charge in [0, 0.05) is 45.3 Å². The van der Waals surface area contributed by atoms with E-state index in [2.05, 4.69) is 22.2 Å². The van der Waals surface area contributed by atoms with E-state index in [1.165, 1.54) is 0 Å². The van der Waals surface area contributed by atoms with Gasteiger partial charge in [0.2, 0.25) is 5.91 Å². The standard InChI is InChI=1S/C18H27N3O3/c1-20-7-9-21(10-8-20)6-5-19-18(22)15-11-14-3-4-16(23-2)12-17(14)24-13-15/h3-4,12,15H,5-11,13H2,1-2H3,(H,19,22). The first-order chi connectivity index (χ1) is 11.7. The molecule has 0 bridgehead atoms. The Morgan fingerprint density at radius 2 is 2.12 bits per heavy atom. The highest BCUT2D eigenvalue weighted by atomic mass is 16.5. The third-order valence-corrected chi connectivity index (χ3v) is 4.87. The molecule has 1 N–H and O–H groups in total. The zero-order valence-corrected chi connectivity index (χ0v) is 14.6. The van der Waals surface area contributed by atoms with Crippen molar-refractivity contribution >= 4 is 5.91 Å². The third-order valence-electron chi connectivity index (χ3n) is 4.87. The summed E-state index contributed by atoms with van der Waals surface area (Å²) in [7, 11) is 3.79. The van der Waals surface area contributed by atoms with Crippen LogP contribution in [0, 0.1) is 5.92 Å². The maximum atomic E-state index is 12.4. The Hall–Kier alpha value is -1.79. The number of amides is 1. The predicted molar refractivity (Wildman–Crippen MR) is 92.6 cm³/mol. The third kappa shape index (κ3) is 4.19. The average molecular weight is 333 g/mol. The van der Waals surface area contributed by atoms with E-state index in [0.717, 1.165) is 56.2 Å². The Kier molecular flexibility index (Phi) is 5.58. The van der Waals surface area contributed by atoms with E-state index in [0.29, 0.717) is 13.2 Å². The number of nitrogens with zero attached hydrogens (tertiary/aromatic N) is 2. The molecule has 6 nitrogen and oxygen atoms in total. The van der Waals surface area contributed by atoms with Crippen molar-refractivity contribution < 1.29 is 14.3 Å². The minimum absolute atomic E-state index is 0.0885. The number of carbonyl (C=O) groups excluding carboxylic acids is 1. The summed E-state index contributed by atoms with van der Waals surface area (Å²) >= 11 is 0. The van der Waals surface area contributed by atoms with Crippen molar-refractivity contribution in [2.75, 3.05) is 60.0 Å². The summed E-state index contributed by atoms with van der Waals surface area (Å²) in [6, 6.07) is 5.78.